The number of hydrogen-bond acceptors (Lipinski definition) is 2. The van der Waals surface area contributed by atoms with Crippen LogP contribution in [0.5, 0.6) is 0 Å². The fraction of sp³-hybridized carbons (Fsp3) is 0.200. The smallest absolute Gasteiger partial charge is 0.261 e. The van der Waals surface area contributed by atoms with Crippen molar-refractivity contribution in [2.75, 3.05) is 0 Å². The van der Waals surface area contributed by atoms with Gasteiger partial charge < -0.3 is 0 Å². The predicted molar refractivity (Wildman–Crippen MR) is 93.5 cm³/mol. The monoisotopic (exact) mass is 320 g/mol. The van der Waals surface area contributed by atoms with Gasteiger partial charge in [0.15, 0.2) is 0 Å². The van der Waals surface area contributed by atoms with Crippen LogP contribution in [0.3, 0.4) is 0 Å². The minimum absolute atomic E-state index is 0.00417. The first-order valence-electron chi connectivity index (χ1n) is 8.08. The molecule has 24 heavy (non-hydrogen) atoms. The van der Waals surface area contributed by atoms with Gasteiger partial charge in [-0.1, -0.05) is 30.4 Å². The fourth-order valence-corrected chi connectivity index (χ4v) is 3.22. The summed E-state index contributed by atoms with van der Waals surface area (Å²) < 4.78 is 15.2. The molecule has 120 valence electrons. The van der Waals surface area contributed by atoms with E-state index in [2.05, 4.69) is 6.58 Å². The Bertz CT molecular complexity index is 1020. The van der Waals surface area contributed by atoms with E-state index in [1.54, 1.807) is 16.7 Å². The van der Waals surface area contributed by atoms with Crippen molar-refractivity contribution in [2.24, 2.45) is 0 Å². The molecule has 1 aliphatic heterocycles. The Morgan fingerprint density at radius 1 is 1.04 bits per heavy atom. The predicted octanol–water partition coefficient (Wildman–Crippen LogP) is 4.10. The highest BCUT2D eigenvalue weighted by molar-refractivity contribution is 5.83. The lowest BCUT2D eigenvalue weighted by atomic mass is 10.0. The molecule has 2 heterocycles. The van der Waals surface area contributed by atoms with Crippen molar-refractivity contribution in [1.29, 1.82) is 0 Å². The number of hydrogen-bond donors (Lipinski definition) is 0. The minimum atomic E-state index is -0.277. The van der Waals surface area contributed by atoms with Crippen LogP contribution in [0, 0.1) is 5.82 Å². The third-order valence-corrected chi connectivity index (χ3v) is 4.58. The van der Waals surface area contributed by atoms with Crippen LogP contribution < -0.4 is 5.56 Å². The molecule has 0 bridgehead atoms. The van der Waals surface area contributed by atoms with Gasteiger partial charge in [-0.2, -0.15) is 0 Å². The van der Waals surface area contributed by atoms with Crippen LogP contribution in [0.15, 0.2) is 59.4 Å². The number of nitrogens with zero attached hydrogens (tertiary/aromatic N) is 2. The van der Waals surface area contributed by atoms with Gasteiger partial charge in [0.1, 0.15) is 11.6 Å². The first kappa shape index (κ1) is 14.8. The van der Waals surface area contributed by atoms with E-state index in [4.69, 9.17) is 4.98 Å². The van der Waals surface area contributed by atoms with E-state index in [1.165, 1.54) is 12.1 Å². The largest absolute Gasteiger partial charge is 0.296 e. The number of aryl methyl sites for hydroxylation is 1. The zero-order valence-electron chi connectivity index (χ0n) is 13.3. The van der Waals surface area contributed by atoms with Gasteiger partial charge in [-0.25, -0.2) is 9.37 Å². The number of aromatic nitrogens is 2. The Morgan fingerprint density at radius 2 is 1.88 bits per heavy atom. The number of rotatable bonds is 1. The van der Waals surface area contributed by atoms with Crippen molar-refractivity contribution < 1.29 is 4.39 Å². The average Bonchev–Trinajstić information content (AvgIpc) is 2.77. The summed E-state index contributed by atoms with van der Waals surface area (Å²) >= 11 is 0. The molecule has 0 fully saturated rings. The molecule has 2 aromatic carbocycles. The van der Waals surface area contributed by atoms with Gasteiger partial charge in [0.05, 0.1) is 10.9 Å². The molecule has 4 rings (SSSR count). The van der Waals surface area contributed by atoms with Crippen molar-refractivity contribution in [3.63, 3.8) is 0 Å². The van der Waals surface area contributed by atoms with Crippen LogP contribution in [0.4, 0.5) is 4.39 Å². The molecular weight excluding hydrogens is 303 g/mol. The summed E-state index contributed by atoms with van der Waals surface area (Å²) in [5, 5.41) is 0.603. The van der Waals surface area contributed by atoms with E-state index in [-0.39, 0.29) is 11.4 Å². The first-order chi connectivity index (χ1) is 11.6. The molecule has 1 aliphatic rings. The maximum atomic E-state index is 13.5. The maximum Gasteiger partial charge on any atom is 0.261 e. The van der Waals surface area contributed by atoms with Gasteiger partial charge in [-0.15, -0.1) is 0 Å². The highest BCUT2D eigenvalue weighted by atomic mass is 19.1. The van der Waals surface area contributed by atoms with Gasteiger partial charge in [-0.3, -0.25) is 9.36 Å². The lowest BCUT2D eigenvalue weighted by Gasteiger charge is -2.11. The third kappa shape index (κ3) is 2.54. The molecule has 0 aliphatic carbocycles. The SMILES string of the molecule is C=C1CCc2nc3cc(-c4cccc(F)c4)ccc3c(=O)n2CC1. The molecule has 3 aromatic rings. The van der Waals surface area contributed by atoms with Crippen molar-refractivity contribution in [2.45, 2.75) is 25.8 Å². The minimum Gasteiger partial charge on any atom is -0.296 e. The molecule has 1 aromatic heterocycles. The normalized spacial score (nSPS) is 14.5. The van der Waals surface area contributed by atoms with Crippen molar-refractivity contribution in [3.8, 4) is 11.1 Å². The van der Waals surface area contributed by atoms with E-state index >= 15 is 0 Å². The maximum absolute atomic E-state index is 13.5. The number of allylic oxidation sites excluding steroid dienone is 1. The average molecular weight is 320 g/mol. The van der Waals surface area contributed by atoms with Crippen LogP contribution in [0.1, 0.15) is 18.7 Å². The van der Waals surface area contributed by atoms with E-state index in [0.717, 1.165) is 41.8 Å². The van der Waals surface area contributed by atoms with E-state index in [0.29, 0.717) is 17.4 Å². The first-order valence-corrected chi connectivity index (χ1v) is 8.08. The summed E-state index contributed by atoms with van der Waals surface area (Å²) in [6.07, 6.45) is 2.41. The summed E-state index contributed by atoms with van der Waals surface area (Å²) in [4.78, 5) is 17.5. The van der Waals surface area contributed by atoms with Gasteiger partial charge in [0.25, 0.3) is 5.56 Å². The summed E-state index contributed by atoms with van der Waals surface area (Å²) in [7, 11) is 0. The zero-order chi connectivity index (χ0) is 16.7. The molecule has 0 unspecified atom stereocenters. The number of fused-ring (bicyclic) bond motifs is 2. The van der Waals surface area contributed by atoms with Gasteiger partial charge in [0.2, 0.25) is 0 Å². The summed E-state index contributed by atoms with van der Waals surface area (Å²) in [5.74, 6) is 0.531. The van der Waals surface area contributed by atoms with Crippen molar-refractivity contribution >= 4 is 10.9 Å². The van der Waals surface area contributed by atoms with Crippen molar-refractivity contribution in [3.05, 3.63) is 76.6 Å². The summed E-state index contributed by atoms with van der Waals surface area (Å²) in [6, 6.07) is 11.9. The highest BCUT2D eigenvalue weighted by Crippen LogP contribution is 2.24. The van der Waals surface area contributed by atoms with Crippen LogP contribution in [0.25, 0.3) is 22.0 Å². The van der Waals surface area contributed by atoms with Gasteiger partial charge in [-0.05, 0) is 48.2 Å². The molecule has 4 heteroatoms. The summed E-state index contributed by atoms with van der Waals surface area (Å²) in [5.41, 5.74) is 3.46. The topological polar surface area (TPSA) is 34.9 Å². The lowest BCUT2D eigenvalue weighted by molar-refractivity contribution is 0.628. The summed E-state index contributed by atoms with van der Waals surface area (Å²) in [6.45, 7) is 4.68. The molecule has 0 atom stereocenters. The van der Waals surface area contributed by atoms with Crippen LogP contribution in [-0.4, -0.2) is 9.55 Å². The molecular formula is C20H17FN2O. The molecule has 0 amide bonds. The standard InChI is InChI=1S/C20H17FN2O/c1-13-5-8-19-22-18-12-15(14-3-2-4-16(21)11-14)6-7-17(18)20(24)23(19)10-9-13/h2-4,6-7,11-12H,1,5,8-10H2. The molecule has 0 saturated heterocycles. The number of benzene rings is 2. The van der Waals surface area contributed by atoms with Gasteiger partial charge >= 0.3 is 0 Å². The Balaban J connectivity index is 1.89. The van der Waals surface area contributed by atoms with E-state index < -0.39 is 0 Å². The quantitative estimate of drug-likeness (QED) is 0.633. The second kappa shape index (κ2) is 5.71. The van der Waals surface area contributed by atoms with E-state index in [9.17, 15) is 9.18 Å². The Morgan fingerprint density at radius 3 is 2.71 bits per heavy atom. The van der Waals surface area contributed by atoms with Crippen LogP contribution in [0.2, 0.25) is 0 Å². The van der Waals surface area contributed by atoms with E-state index in [1.807, 2.05) is 18.2 Å². The lowest BCUT2D eigenvalue weighted by Crippen LogP contribution is -2.24. The Hall–Kier alpha value is -2.75. The fourth-order valence-electron chi connectivity index (χ4n) is 3.22. The van der Waals surface area contributed by atoms with Crippen LogP contribution in [-0.2, 0) is 13.0 Å². The molecule has 0 spiro atoms. The second-order valence-electron chi connectivity index (χ2n) is 6.23. The van der Waals surface area contributed by atoms with Crippen molar-refractivity contribution in [1.82, 2.24) is 9.55 Å². The second-order valence-corrected chi connectivity index (χ2v) is 6.23. The number of halogens is 1. The molecule has 0 N–H and O–H groups in total. The Kier molecular flexibility index (Phi) is 3.53. The van der Waals surface area contributed by atoms with Gasteiger partial charge in [0, 0.05) is 13.0 Å². The molecule has 0 radical (unpaired) electrons. The molecule has 3 nitrogen and oxygen atoms in total. The zero-order valence-corrected chi connectivity index (χ0v) is 13.3. The third-order valence-electron chi connectivity index (χ3n) is 4.58. The molecule has 0 saturated carbocycles. The van der Waals surface area contributed by atoms with Crippen LogP contribution >= 0.6 is 0 Å². The Labute approximate surface area is 139 Å². The highest BCUT2D eigenvalue weighted by Gasteiger charge is 2.15.